The van der Waals surface area contributed by atoms with Gasteiger partial charge >= 0.3 is 6.09 Å². The molecule has 6 rings (SSSR count). The van der Waals surface area contributed by atoms with Gasteiger partial charge in [-0.25, -0.2) is 24.3 Å². The van der Waals surface area contributed by atoms with E-state index in [1.807, 2.05) is 75.2 Å². The molecule has 1 fully saturated rings. The molecule has 10 heteroatoms. The van der Waals surface area contributed by atoms with Crippen LogP contribution in [0.2, 0.25) is 0 Å². The molecule has 1 aliphatic heterocycles. The number of nitrogens with zero attached hydrogens (tertiary/aromatic N) is 6. The molecule has 0 saturated carbocycles. The first-order valence-electron chi connectivity index (χ1n) is 13.8. The van der Waals surface area contributed by atoms with Crippen LogP contribution in [0.15, 0.2) is 67.4 Å². The standard InChI is InChI=1S/C31H33N7O3/c1-20-14-23(8-10-27(20)40-24-11-13-38-28(16-24)33-19-35-38)36-29-25-15-21(7-9-26(25)32-18-34-29)22-6-5-12-37(17-22)30(39)41-31(2,3)4/h7-11,13-16,18-19,22H,5-6,12,17H2,1-4H3,(H,32,34,36). The molecule has 5 aromatic rings. The highest BCUT2D eigenvalue weighted by Crippen LogP contribution is 2.33. The fourth-order valence-electron chi connectivity index (χ4n) is 5.13. The summed E-state index contributed by atoms with van der Waals surface area (Å²) in [5, 5.41) is 8.52. The van der Waals surface area contributed by atoms with E-state index in [4.69, 9.17) is 9.47 Å². The largest absolute Gasteiger partial charge is 0.457 e. The Hall–Kier alpha value is -4.73. The Balaban J connectivity index is 1.20. The van der Waals surface area contributed by atoms with Crippen LogP contribution in [0.5, 0.6) is 11.5 Å². The average molecular weight is 552 g/mol. The molecule has 1 atom stereocenters. The van der Waals surface area contributed by atoms with E-state index in [0.29, 0.717) is 18.8 Å². The van der Waals surface area contributed by atoms with Crippen molar-refractivity contribution in [1.82, 2.24) is 29.5 Å². The predicted octanol–water partition coefficient (Wildman–Crippen LogP) is 6.63. The molecule has 0 spiro atoms. The number of rotatable bonds is 5. The maximum atomic E-state index is 12.7. The van der Waals surface area contributed by atoms with Gasteiger partial charge in [0.1, 0.15) is 35.6 Å². The molecule has 1 unspecified atom stereocenters. The van der Waals surface area contributed by atoms with Gasteiger partial charge in [0.2, 0.25) is 0 Å². The van der Waals surface area contributed by atoms with E-state index in [2.05, 4.69) is 37.5 Å². The third-order valence-electron chi connectivity index (χ3n) is 7.12. The van der Waals surface area contributed by atoms with Gasteiger partial charge in [0.05, 0.1) is 5.52 Å². The van der Waals surface area contributed by atoms with Gasteiger partial charge in [0, 0.05) is 42.3 Å². The number of carbonyl (C=O) groups excluding carboxylic acids is 1. The lowest BCUT2D eigenvalue weighted by Gasteiger charge is -2.34. The highest BCUT2D eigenvalue weighted by Gasteiger charge is 2.28. The van der Waals surface area contributed by atoms with Gasteiger partial charge in [0.15, 0.2) is 5.65 Å². The zero-order valence-corrected chi connectivity index (χ0v) is 23.7. The molecular weight excluding hydrogens is 518 g/mol. The number of anilines is 2. The Morgan fingerprint density at radius 1 is 1.02 bits per heavy atom. The fourth-order valence-corrected chi connectivity index (χ4v) is 5.13. The molecule has 0 radical (unpaired) electrons. The highest BCUT2D eigenvalue weighted by atomic mass is 16.6. The van der Waals surface area contributed by atoms with Crippen LogP contribution in [0.3, 0.4) is 0 Å². The van der Waals surface area contributed by atoms with Gasteiger partial charge in [-0.3, -0.25) is 0 Å². The van der Waals surface area contributed by atoms with E-state index < -0.39 is 5.60 Å². The van der Waals surface area contributed by atoms with E-state index >= 15 is 0 Å². The average Bonchev–Trinajstić information content (AvgIpc) is 3.42. The Morgan fingerprint density at radius 3 is 2.73 bits per heavy atom. The number of amides is 1. The second-order valence-corrected chi connectivity index (χ2v) is 11.4. The minimum Gasteiger partial charge on any atom is -0.457 e. The number of likely N-dealkylation sites (tertiary alicyclic amines) is 1. The third kappa shape index (κ3) is 5.91. The number of nitrogens with one attached hydrogen (secondary N) is 1. The number of fused-ring (bicyclic) bond motifs is 2. The normalized spacial score (nSPS) is 15.7. The van der Waals surface area contributed by atoms with Crippen LogP contribution in [-0.2, 0) is 4.74 Å². The predicted molar refractivity (Wildman–Crippen MR) is 157 cm³/mol. The van der Waals surface area contributed by atoms with E-state index in [9.17, 15) is 4.79 Å². The van der Waals surface area contributed by atoms with Gasteiger partial charge in [-0.2, -0.15) is 5.10 Å². The summed E-state index contributed by atoms with van der Waals surface area (Å²) in [6, 6.07) is 15.9. The lowest BCUT2D eigenvalue weighted by molar-refractivity contribution is 0.0198. The van der Waals surface area contributed by atoms with E-state index in [1.165, 1.54) is 6.33 Å². The number of benzene rings is 2. The zero-order valence-electron chi connectivity index (χ0n) is 23.7. The third-order valence-corrected chi connectivity index (χ3v) is 7.12. The Labute approximate surface area is 238 Å². The maximum absolute atomic E-state index is 12.7. The number of piperidine rings is 1. The number of hydrogen-bond acceptors (Lipinski definition) is 8. The molecule has 210 valence electrons. The second-order valence-electron chi connectivity index (χ2n) is 11.4. The molecule has 1 amide bonds. The molecule has 41 heavy (non-hydrogen) atoms. The highest BCUT2D eigenvalue weighted by molar-refractivity contribution is 5.91. The molecule has 2 aromatic carbocycles. The summed E-state index contributed by atoms with van der Waals surface area (Å²) in [5.74, 6) is 2.38. The van der Waals surface area contributed by atoms with Gasteiger partial charge in [-0.15, -0.1) is 0 Å². The monoisotopic (exact) mass is 551 g/mol. The van der Waals surface area contributed by atoms with Crippen molar-refractivity contribution >= 4 is 34.1 Å². The van der Waals surface area contributed by atoms with Crippen molar-refractivity contribution in [2.24, 2.45) is 0 Å². The topological polar surface area (TPSA) is 107 Å². The van der Waals surface area contributed by atoms with Crippen LogP contribution in [-0.4, -0.2) is 54.2 Å². The van der Waals surface area contributed by atoms with Crippen LogP contribution in [0, 0.1) is 6.92 Å². The van der Waals surface area contributed by atoms with Gasteiger partial charge in [-0.05, 0) is 88.1 Å². The van der Waals surface area contributed by atoms with Crippen LogP contribution >= 0.6 is 0 Å². The van der Waals surface area contributed by atoms with E-state index in [0.717, 1.165) is 57.8 Å². The number of carbonyl (C=O) groups is 1. The summed E-state index contributed by atoms with van der Waals surface area (Å²) in [7, 11) is 0. The minimum atomic E-state index is -0.514. The number of aromatic nitrogens is 5. The molecule has 0 bridgehead atoms. The summed E-state index contributed by atoms with van der Waals surface area (Å²) in [5.41, 5.74) is 4.08. The summed E-state index contributed by atoms with van der Waals surface area (Å²) in [6.07, 6.45) is 6.58. The van der Waals surface area contributed by atoms with Gasteiger partial charge in [-0.1, -0.05) is 6.07 Å². The lowest BCUT2D eigenvalue weighted by atomic mass is 9.90. The van der Waals surface area contributed by atoms with Gasteiger partial charge in [0.25, 0.3) is 0 Å². The van der Waals surface area contributed by atoms with Crippen molar-refractivity contribution in [3.8, 4) is 11.5 Å². The molecule has 1 aliphatic rings. The van der Waals surface area contributed by atoms with Crippen molar-refractivity contribution in [3.63, 3.8) is 0 Å². The molecule has 3 aromatic heterocycles. The summed E-state index contributed by atoms with van der Waals surface area (Å²) in [6.45, 7) is 9.03. The maximum Gasteiger partial charge on any atom is 0.410 e. The minimum absolute atomic E-state index is 0.212. The summed E-state index contributed by atoms with van der Waals surface area (Å²) >= 11 is 0. The smallest absolute Gasteiger partial charge is 0.410 e. The molecule has 10 nitrogen and oxygen atoms in total. The molecule has 0 aliphatic carbocycles. The first-order chi connectivity index (χ1) is 19.7. The van der Waals surface area contributed by atoms with Crippen LogP contribution < -0.4 is 10.1 Å². The van der Waals surface area contributed by atoms with Crippen LogP contribution in [0.4, 0.5) is 16.3 Å². The van der Waals surface area contributed by atoms with Crippen molar-refractivity contribution in [1.29, 1.82) is 0 Å². The number of hydrogen-bond donors (Lipinski definition) is 1. The summed E-state index contributed by atoms with van der Waals surface area (Å²) < 4.78 is 13.4. The quantitative estimate of drug-likeness (QED) is 0.259. The zero-order chi connectivity index (χ0) is 28.6. The van der Waals surface area contributed by atoms with Crippen molar-refractivity contribution in [2.45, 2.75) is 52.1 Å². The Morgan fingerprint density at radius 2 is 1.90 bits per heavy atom. The number of aryl methyl sites for hydroxylation is 1. The Kier molecular flexibility index (Phi) is 6.90. The molecule has 4 heterocycles. The van der Waals surface area contributed by atoms with E-state index in [-0.39, 0.29) is 12.0 Å². The summed E-state index contributed by atoms with van der Waals surface area (Å²) in [4.78, 5) is 27.8. The van der Waals surface area contributed by atoms with E-state index in [1.54, 1.807) is 10.8 Å². The first-order valence-corrected chi connectivity index (χ1v) is 13.8. The van der Waals surface area contributed by atoms with Gasteiger partial charge < -0.3 is 19.7 Å². The molecular formula is C31H33N7O3. The fraction of sp³-hybridized carbons (Fsp3) is 0.323. The van der Waals surface area contributed by atoms with Crippen molar-refractivity contribution in [3.05, 3.63) is 78.5 Å². The van der Waals surface area contributed by atoms with Crippen LogP contribution in [0.1, 0.15) is 50.7 Å². The van der Waals surface area contributed by atoms with Crippen molar-refractivity contribution in [2.75, 3.05) is 18.4 Å². The first kappa shape index (κ1) is 26.5. The van der Waals surface area contributed by atoms with Crippen molar-refractivity contribution < 1.29 is 14.3 Å². The Bertz CT molecular complexity index is 1730. The molecule has 1 saturated heterocycles. The number of pyridine rings is 1. The second kappa shape index (κ2) is 10.7. The lowest BCUT2D eigenvalue weighted by Crippen LogP contribution is -2.42. The SMILES string of the molecule is Cc1cc(Nc2ncnc3ccc(C4CCCN(C(=O)OC(C)(C)C)C4)cc23)ccc1Oc1ccn2ncnc2c1. The molecule has 1 N–H and O–H groups in total. The van der Waals surface area contributed by atoms with Crippen LogP contribution in [0.25, 0.3) is 16.6 Å². The number of ether oxygens (including phenoxy) is 2.